The van der Waals surface area contributed by atoms with Crippen molar-refractivity contribution in [3.8, 4) is 11.4 Å². The van der Waals surface area contributed by atoms with Crippen LogP contribution >= 0.6 is 12.2 Å². The fraction of sp³-hybridized carbons (Fsp3) is 0.579. The van der Waals surface area contributed by atoms with E-state index < -0.39 is 0 Å². The predicted molar refractivity (Wildman–Crippen MR) is 109 cm³/mol. The van der Waals surface area contributed by atoms with Gasteiger partial charge in [-0.25, -0.2) is 4.68 Å². The molecule has 0 aliphatic heterocycles. The molecule has 2 N–H and O–H groups in total. The largest absolute Gasteiger partial charge is 0.362 e. The Morgan fingerprint density at radius 1 is 1.35 bits per heavy atom. The van der Waals surface area contributed by atoms with Crippen LogP contribution in [0.5, 0.6) is 0 Å². The molecule has 1 fully saturated rings. The average Bonchev–Trinajstić information content (AvgIpc) is 3.38. The van der Waals surface area contributed by atoms with Gasteiger partial charge in [0.1, 0.15) is 0 Å². The summed E-state index contributed by atoms with van der Waals surface area (Å²) >= 11 is 5.47. The van der Waals surface area contributed by atoms with Crippen molar-refractivity contribution in [2.24, 2.45) is 5.92 Å². The zero-order chi connectivity index (χ0) is 18.4. The fourth-order valence-corrected chi connectivity index (χ4v) is 3.24. The molecule has 140 valence electrons. The summed E-state index contributed by atoms with van der Waals surface area (Å²) in [5.74, 6) is 1.49. The number of tetrazole rings is 1. The van der Waals surface area contributed by atoms with Gasteiger partial charge in [-0.15, -0.1) is 5.10 Å². The number of anilines is 1. The Balaban J connectivity index is 1.58. The van der Waals surface area contributed by atoms with Gasteiger partial charge in [0.05, 0.1) is 6.04 Å². The fourth-order valence-electron chi connectivity index (χ4n) is 3.04. The number of thiocarbonyl (C=S) groups is 1. The summed E-state index contributed by atoms with van der Waals surface area (Å²) in [6, 6.07) is 8.55. The third-order valence-corrected chi connectivity index (χ3v) is 5.11. The minimum atomic E-state index is 0.452. The Labute approximate surface area is 160 Å². The van der Waals surface area contributed by atoms with Gasteiger partial charge in [0.25, 0.3) is 0 Å². The molecule has 1 aliphatic carbocycles. The molecule has 0 bridgehead atoms. The van der Waals surface area contributed by atoms with E-state index in [4.69, 9.17) is 12.2 Å². The SMILES string of the molecule is CCCC[C@@H](CC)CNC(=S)Nc1cccc(-c2nnnn2C2CC2)c1. The number of benzene rings is 1. The molecule has 26 heavy (non-hydrogen) atoms. The van der Waals surface area contributed by atoms with Crippen LogP contribution in [0.15, 0.2) is 24.3 Å². The number of rotatable bonds is 9. The van der Waals surface area contributed by atoms with E-state index in [1.54, 1.807) is 0 Å². The third-order valence-electron chi connectivity index (χ3n) is 4.86. The van der Waals surface area contributed by atoms with Crippen LogP contribution in [0.2, 0.25) is 0 Å². The minimum absolute atomic E-state index is 0.452. The van der Waals surface area contributed by atoms with Crippen molar-refractivity contribution < 1.29 is 0 Å². The molecule has 1 saturated carbocycles. The number of nitrogens with zero attached hydrogens (tertiary/aromatic N) is 4. The lowest BCUT2D eigenvalue weighted by Crippen LogP contribution is -2.32. The highest BCUT2D eigenvalue weighted by atomic mass is 32.1. The van der Waals surface area contributed by atoms with Crippen LogP contribution in [0.3, 0.4) is 0 Å². The molecule has 1 aliphatic rings. The van der Waals surface area contributed by atoms with E-state index in [1.165, 1.54) is 25.7 Å². The Kier molecular flexibility index (Phi) is 6.55. The van der Waals surface area contributed by atoms with Gasteiger partial charge in [0.15, 0.2) is 10.9 Å². The number of hydrogen-bond acceptors (Lipinski definition) is 4. The molecule has 0 saturated heterocycles. The zero-order valence-electron chi connectivity index (χ0n) is 15.6. The molecule has 3 rings (SSSR count). The van der Waals surface area contributed by atoms with Gasteiger partial charge in [-0.05, 0) is 60.0 Å². The summed E-state index contributed by atoms with van der Waals surface area (Å²) < 4.78 is 1.93. The number of unbranched alkanes of at least 4 members (excludes halogenated alkanes) is 1. The van der Waals surface area contributed by atoms with Crippen LogP contribution in [-0.2, 0) is 0 Å². The first-order chi connectivity index (χ1) is 12.7. The molecule has 0 radical (unpaired) electrons. The van der Waals surface area contributed by atoms with Crippen molar-refractivity contribution in [3.63, 3.8) is 0 Å². The second-order valence-electron chi connectivity index (χ2n) is 7.01. The van der Waals surface area contributed by atoms with E-state index in [0.717, 1.165) is 36.5 Å². The van der Waals surface area contributed by atoms with Crippen LogP contribution in [0.25, 0.3) is 11.4 Å². The van der Waals surface area contributed by atoms with E-state index in [0.29, 0.717) is 17.1 Å². The van der Waals surface area contributed by atoms with Gasteiger partial charge in [-0.2, -0.15) is 0 Å². The summed E-state index contributed by atoms with van der Waals surface area (Å²) in [5.41, 5.74) is 1.95. The Hall–Kier alpha value is -2.02. The van der Waals surface area contributed by atoms with Gasteiger partial charge in [0.2, 0.25) is 0 Å². The number of aromatic nitrogens is 4. The first-order valence-electron chi connectivity index (χ1n) is 9.64. The van der Waals surface area contributed by atoms with E-state index in [9.17, 15) is 0 Å². The maximum absolute atomic E-state index is 5.47. The van der Waals surface area contributed by atoms with Gasteiger partial charge in [-0.3, -0.25) is 0 Å². The number of hydrogen-bond donors (Lipinski definition) is 2. The van der Waals surface area contributed by atoms with E-state index >= 15 is 0 Å². The summed E-state index contributed by atoms with van der Waals surface area (Å²) in [6.45, 7) is 5.40. The summed E-state index contributed by atoms with van der Waals surface area (Å²) in [6.07, 6.45) is 7.25. The standard InChI is InChI=1S/C19H28N6S/c1-3-5-7-14(4-2)13-20-19(26)21-16-9-6-8-15(12-16)18-22-23-24-25(18)17-10-11-17/h6,8-9,12,14,17H,3-5,7,10-11,13H2,1-2H3,(H2,20,21,26)/t14-/m1/s1. The molecular weight excluding hydrogens is 344 g/mol. The summed E-state index contributed by atoms with van der Waals surface area (Å²) in [7, 11) is 0. The Morgan fingerprint density at radius 2 is 2.19 bits per heavy atom. The molecule has 1 aromatic carbocycles. The zero-order valence-corrected chi connectivity index (χ0v) is 16.4. The molecule has 1 aromatic heterocycles. The lowest BCUT2D eigenvalue weighted by atomic mass is 9.99. The molecule has 7 heteroatoms. The minimum Gasteiger partial charge on any atom is -0.362 e. The molecule has 0 spiro atoms. The van der Waals surface area contributed by atoms with Crippen molar-refractivity contribution in [2.75, 3.05) is 11.9 Å². The molecule has 2 aromatic rings. The molecular formula is C19H28N6S. The van der Waals surface area contributed by atoms with Crippen LogP contribution < -0.4 is 10.6 Å². The van der Waals surface area contributed by atoms with E-state index in [-0.39, 0.29) is 0 Å². The second-order valence-corrected chi connectivity index (χ2v) is 7.42. The maximum Gasteiger partial charge on any atom is 0.182 e. The first kappa shape index (κ1) is 18.8. The summed E-state index contributed by atoms with van der Waals surface area (Å²) in [4.78, 5) is 0. The molecule has 0 amide bonds. The van der Waals surface area contributed by atoms with Crippen LogP contribution in [0.4, 0.5) is 5.69 Å². The second kappa shape index (κ2) is 9.07. The molecule has 1 atom stereocenters. The predicted octanol–water partition coefficient (Wildman–Crippen LogP) is 4.18. The Bertz CT molecular complexity index is 724. The van der Waals surface area contributed by atoms with Gasteiger partial charge in [0, 0.05) is 17.8 Å². The number of nitrogens with one attached hydrogen (secondary N) is 2. The van der Waals surface area contributed by atoms with Crippen LogP contribution in [0, 0.1) is 5.92 Å². The van der Waals surface area contributed by atoms with Gasteiger partial charge in [-0.1, -0.05) is 45.2 Å². The van der Waals surface area contributed by atoms with Gasteiger partial charge >= 0.3 is 0 Å². The lowest BCUT2D eigenvalue weighted by molar-refractivity contribution is 0.446. The topological polar surface area (TPSA) is 67.7 Å². The van der Waals surface area contributed by atoms with Crippen molar-refractivity contribution in [1.82, 2.24) is 25.5 Å². The molecule has 0 unspecified atom stereocenters. The normalized spacial score (nSPS) is 14.8. The van der Waals surface area contributed by atoms with E-state index in [2.05, 4.69) is 40.0 Å². The molecule has 1 heterocycles. The van der Waals surface area contributed by atoms with Crippen molar-refractivity contribution in [2.45, 2.75) is 58.4 Å². The highest BCUT2D eigenvalue weighted by Crippen LogP contribution is 2.36. The highest BCUT2D eigenvalue weighted by molar-refractivity contribution is 7.80. The van der Waals surface area contributed by atoms with Gasteiger partial charge < -0.3 is 10.6 Å². The van der Waals surface area contributed by atoms with E-state index in [1.807, 2.05) is 28.9 Å². The smallest absolute Gasteiger partial charge is 0.182 e. The Morgan fingerprint density at radius 3 is 2.92 bits per heavy atom. The van der Waals surface area contributed by atoms with Crippen molar-refractivity contribution >= 4 is 23.0 Å². The van der Waals surface area contributed by atoms with Crippen LogP contribution in [-0.4, -0.2) is 31.9 Å². The van der Waals surface area contributed by atoms with Crippen molar-refractivity contribution in [1.29, 1.82) is 0 Å². The average molecular weight is 373 g/mol. The van der Waals surface area contributed by atoms with Crippen LogP contribution in [0.1, 0.15) is 58.4 Å². The first-order valence-corrected chi connectivity index (χ1v) is 10.0. The summed E-state index contributed by atoms with van der Waals surface area (Å²) in [5, 5.41) is 19.5. The maximum atomic E-state index is 5.47. The lowest BCUT2D eigenvalue weighted by Gasteiger charge is -2.17. The third kappa shape index (κ3) is 5.00. The van der Waals surface area contributed by atoms with Crippen molar-refractivity contribution in [3.05, 3.63) is 24.3 Å². The monoisotopic (exact) mass is 372 g/mol. The molecule has 6 nitrogen and oxygen atoms in total. The quantitative estimate of drug-likeness (QED) is 0.644. The highest BCUT2D eigenvalue weighted by Gasteiger charge is 2.28.